The summed E-state index contributed by atoms with van der Waals surface area (Å²) in [6.07, 6.45) is 3.62. The molecule has 0 radical (unpaired) electrons. The lowest BCUT2D eigenvalue weighted by atomic mass is 9.98. The van der Waals surface area contributed by atoms with E-state index < -0.39 is 19.9 Å². The molecule has 11 heteroatoms. The van der Waals surface area contributed by atoms with Crippen molar-refractivity contribution in [2.45, 2.75) is 36.1 Å². The molecule has 3 aromatic rings. The highest BCUT2D eigenvalue weighted by Gasteiger charge is 2.32. The van der Waals surface area contributed by atoms with E-state index in [4.69, 9.17) is 0 Å². The number of carbonyl (C=O) groups is 1. The number of amides is 1. The van der Waals surface area contributed by atoms with Crippen LogP contribution in [0.2, 0.25) is 0 Å². The van der Waals surface area contributed by atoms with Crippen molar-refractivity contribution in [3.8, 4) is 0 Å². The second-order valence-electron chi connectivity index (χ2n) is 8.63. The van der Waals surface area contributed by atoms with Gasteiger partial charge in [-0.2, -0.15) is 9.30 Å². The quantitative estimate of drug-likeness (QED) is 0.453. The van der Waals surface area contributed by atoms with Crippen LogP contribution in [0, 0.1) is 12.8 Å². The molecule has 4 rings (SSSR count). The molecule has 1 aliphatic heterocycles. The Morgan fingerprint density at radius 2 is 1.71 bits per heavy atom. The van der Waals surface area contributed by atoms with Crippen LogP contribution in [0.5, 0.6) is 0 Å². The van der Waals surface area contributed by atoms with Gasteiger partial charge in [0.2, 0.25) is 10.0 Å². The molecule has 1 aromatic heterocycles. The number of aryl methyl sites for hydroxylation is 1. The summed E-state index contributed by atoms with van der Waals surface area (Å²) in [6.45, 7) is 6.58. The molecule has 0 N–H and O–H groups in total. The van der Waals surface area contributed by atoms with Crippen LogP contribution in [0.25, 0.3) is 10.2 Å². The van der Waals surface area contributed by atoms with Gasteiger partial charge in [-0.05, 0) is 50.1 Å². The zero-order valence-corrected chi connectivity index (χ0v) is 22.0. The first-order chi connectivity index (χ1) is 16.5. The Hall–Kier alpha value is -2.60. The maximum Gasteiger partial charge on any atom is 0.251 e. The van der Waals surface area contributed by atoms with E-state index in [-0.39, 0.29) is 34.7 Å². The molecule has 1 fully saturated rings. The predicted octanol–water partition coefficient (Wildman–Crippen LogP) is 3.13. The number of fused-ring (bicyclic) bond motifs is 1. The van der Waals surface area contributed by atoms with E-state index in [1.165, 1.54) is 15.6 Å². The topological polar surface area (TPSA) is 106 Å². The third-order valence-electron chi connectivity index (χ3n) is 6.06. The summed E-state index contributed by atoms with van der Waals surface area (Å²) in [5.74, 6) is -0.682. The van der Waals surface area contributed by atoms with Crippen LogP contribution in [0.4, 0.5) is 0 Å². The molecule has 1 saturated heterocycles. The number of sulfonamides is 1. The lowest BCUT2D eigenvalue weighted by Gasteiger charge is -2.29. The average molecular weight is 534 g/mol. The van der Waals surface area contributed by atoms with Crippen molar-refractivity contribution >= 4 is 47.3 Å². The molecule has 35 heavy (non-hydrogen) atoms. The van der Waals surface area contributed by atoms with Crippen molar-refractivity contribution in [3.05, 3.63) is 65.5 Å². The molecule has 2 heterocycles. The molecule has 0 spiro atoms. The molecule has 2 aromatic carbocycles. The lowest BCUT2D eigenvalue weighted by Crippen LogP contribution is -2.40. The Bertz CT molecular complexity index is 1560. The summed E-state index contributed by atoms with van der Waals surface area (Å²) < 4.78 is 53.7. The Morgan fingerprint density at radius 1 is 1.09 bits per heavy atom. The Kier molecular flexibility index (Phi) is 7.14. The van der Waals surface area contributed by atoms with E-state index in [0.29, 0.717) is 28.9 Å². The molecule has 186 valence electrons. The van der Waals surface area contributed by atoms with Crippen molar-refractivity contribution in [1.82, 2.24) is 8.87 Å². The summed E-state index contributed by atoms with van der Waals surface area (Å²) in [7, 11) is -6.97. The fraction of sp³-hybridized carbons (Fsp3) is 0.333. The van der Waals surface area contributed by atoms with Gasteiger partial charge in [0, 0.05) is 31.8 Å². The van der Waals surface area contributed by atoms with E-state index in [0.717, 1.165) is 17.3 Å². The minimum Gasteiger partial charge on any atom is -0.313 e. The maximum absolute atomic E-state index is 13.0. The van der Waals surface area contributed by atoms with Crippen LogP contribution in [0.3, 0.4) is 0 Å². The van der Waals surface area contributed by atoms with Gasteiger partial charge in [-0.1, -0.05) is 35.1 Å². The molecular weight excluding hydrogens is 506 g/mol. The summed E-state index contributed by atoms with van der Waals surface area (Å²) in [4.78, 5) is 18.3. The monoisotopic (exact) mass is 533 g/mol. The zero-order valence-electron chi connectivity index (χ0n) is 19.5. The van der Waals surface area contributed by atoms with Crippen LogP contribution in [-0.2, 0) is 31.2 Å². The van der Waals surface area contributed by atoms with Crippen molar-refractivity contribution in [1.29, 1.82) is 0 Å². The molecule has 1 amide bonds. The van der Waals surface area contributed by atoms with Crippen LogP contribution >= 0.6 is 11.3 Å². The van der Waals surface area contributed by atoms with Gasteiger partial charge in [-0.3, -0.25) is 4.79 Å². The van der Waals surface area contributed by atoms with Crippen LogP contribution in [0.1, 0.15) is 18.4 Å². The second-order valence-corrected chi connectivity index (χ2v) is 13.6. The van der Waals surface area contributed by atoms with Crippen molar-refractivity contribution in [3.63, 3.8) is 0 Å². The smallest absolute Gasteiger partial charge is 0.251 e. The van der Waals surface area contributed by atoms with Gasteiger partial charge in [0.25, 0.3) is 5.91 Å². The highest BCUT2D eigenvalue weighted by Crippen LogP contribution is 2.26. The fourth-order valence-electron chi connectivity index (χ4n) is 4.06. The van der Waals surface area contributed by atoms with E-state index in [9.17, 15) is 21.6 Å². The number of hydrogen-bond acceptors (Lipinski definition) is 6. The fourth-order valence-corrected chi connectivity index (χ4v) is 7.34. The normalized spacial score (nSPS) is 16.6. The van der Waals surface area contributed by atoms with E-state index >= 15 is 0 Å². The van der Waals surface area contributed by atoms with Gasteiger partial charge in [0.05, 0.1) is 20.0 Å². The van der Waals surface area contributed by atoms with Crippen molar-refractivity contribution in [2.24, 2.45) is 10.9 Å². The summed E-state index contributed by atoms with van der Waals surface area (Å²) in [5, 5.41) is 0. The number of hydrogen-bond donors (Lipinski definition) is 0. The second kappa shape index (κ2) is 9.81. The van der Waals surface area contributed by atoms with Crippen molar-refractivity contribution < 1.29 is 21.6 Å². The molecule has 0 bridgehead atoms. The molecule has 0 saturated carbocycles. The zero-order chi connectivity index (χ0) is 25.4. The number of allylic oxidation sites excluding steroid dienone is 1. The Balaban J connectivity index is 1.56. The number of carbonyl (C=O) groups excluding carboxylic acids is 1. The number of aromatic nitrogens is 1. The van der Waals surface area contributed by atoms with E-state index in [1.54, 1.807) is 48.5 Å². The Labute approximate surface area is 209 Å². The van der Waals surface area contributed by atoms with E-state index in [2.05, 4.69) is 11.6 Å². The third-order valence-corrected chi connectivity index (χ3v) is 10.1. The predicted molar refractivity (Wildman–Crippen MR) is 136 cm³/mol. The van der Waals surface area contributed by atoms with Gasteiger partial charge >= 0.3 is 0 Å². The lowest BCUT2D eigenvalue weighted by molar-refractivity contribution is -0.122. The van der Waals surface area contributed by atoms with Crippen LogP contribution in [-0.4, -0.2) is 51.0 Å². The van der Waals surface area contributed by atoms with Gasteiger partial charge in [-0.25, -0.2) is 16.8 Å². The Morgan fingerprint density at radius 3 is 2.31 bits per heavy atom. The number of benzene rings is 2. The minimum absolute atomic E-state index is 0.206. The SMILES string of the molecule is C=CCn1c(=NC(=O)C2CCN(S(=O)(=O)c3ccc(C)cc3)CC2)sc2cc(S(C)(=O)=O)ccc21. The number of rotatable bonds is 6. The number of nitrogens with zero attached hydrogens (tertiary/aromatic N) is 3. The highest BCUT2D eigenvalue weighted by molar-refractivity contribution is 7.90. The van der Waals surface area contributed by atoms with Gasteiger partial charge in [-0.15, -0.1) is 6.58 Å². The van der Waals surface area contributed by atoms with Gasteiger partial charge in [0.15, 0.2) is 14.6 Å². The molecular formula is C24H27N3O5S3. The molecule has 8 nitrogen and oxygen atoms in total. The molecule has 0 aliphatic carbocycles. The summed E-state index contributed by atoms with van der Waals surface area (Å²) in [5.41, 5.74) is 1.75. The number of piperidine rings is 1. The third kappa shape index (κ3) is 5.32. The van der Waals surface area contributed by atoms with Crippen LogP contribution < -0.4 is 4.80 Å². The first kappa shape index (κ1) is 25.5. The standard InChI is InChI=1S/C24H27N3O5S3/c1-4-13-27-21-10-9-20(34(3,29)30)16-22(21)33-24(27)25-23(28)18-11-14-26(15-12-18)35(31,32)19-7-5-17(2)6-8-19/h4-10,16,18H,1,11-15H2,2-3H3. The number of thiazole rings is 1. The summed E-state index contributed by atoms with van der Waals surface area (Å²) >= 11 is 1.25. The number of sulfone groups is 1. The van der Waals surface area contributed by atoms with E-state index in [1.807, 2.05) is 11.5 Å². The average Bonchev–Trinajstić information content (AvgIpc) is 3.15. The molecule has 1 aliphatic rings. The molecule has 0 unspecified atom stereocenters. The maximum atomic E-state index is 13.0. The highest BCUT2D eigenvalue weighted by atomic mass is 32.2. The van der Waals surface area contributed by atoms with Gasteiger partial charge in [0.1, 0.15) is 0 Å². The first-order valence-corrected chi connectivity index (χ1v) is 15.3. The minimum atomic E-state index is -3.61. The van der Waals surface area contributed by atoms with Crippen LogP contribution in [0.15, 0.2) is 69.9 Å². The summed E-state index contributed by atoms with van der Waals surface area (Å²) in [6, 6.07) is 11.6. The van der Waals surface area contributed by atoms with Crippen molar-refractivity contribution in [2.75, 3.05) is 19.3 Å². The first-order valence-electron chi connectivity index (χ1n) is 11.1. The van der Waals surface area contributed by atoms with Gasteiger partial charge < -0.3 is 4.57 Å². The largest absolute Gasteiger partial charge is 0.313 e. The molecule has 0 atom stereocenters.